The van der Waals surface area contributed by atoms with Crippen molar-refractivity contribution in [2.75, 3.05) is 23.4 Å². The van der Waals surface area contributed by atoms with Gasteiger partial charge in [0.15, 0.2) is 23.3 Å². The molecule has 35 heavy (non-hydrogen) atoms. The molecule has 0 fully saturated rings. The Balaban J connectivity index is 1.71. The van der Waals surface area contributed by atoms with Gasteiger partial charge in [0, 0.05) is 11.4 Å². The van der Waals surface area contributed by atoms with Crippen LogP contribution in [0.2, 0.25) is 5.15 Å². The SMILES string of the molecule is CCOC(=O)c1c(NC(=O)c2c(F)c(F)c(F)c(F)c2F)sc2c1CCN(c1ccc(Cl)nc1)C2. The van der Waals surface area contributed by atoms with E-state index in [1.165, 1.54) is 0 Å². The maximum atomic E-state index is 14.1. The highest BCUT2D eigenvalue weighted by atomic mass is 35.5. The number of hydrogen-bond acceptors (Lipinski definition) is 6. The molecule has 0 radical (unpaired) electrons. The van der Waals surface area contributed by atoms with Crippen LogP contribution in [0.3, 0.4) is 0 Å². The standard InChI is InChI=1S/C22H15ClF5N3O3S/c1-2-34-22(33)13-10-5-6-31(9-3-4-12(23)29-7-9)8-11(10)35-21(13)30-20(32)14-15(24)17(26)19(28)18(27)16(14)25/h3-4,7H,2,5-6,8H2,1H3,(H,30,32). The van der Waals surface area contributed by atoms with E-state index in [0.717, 1.165) is 17.0 Å². The maximum Gasteiger partial charge on any atom is 0.341 e. The van der Waals surface area contributed by atoms with Crippen molar-refractivity contribution in [3.05, 3.63) is 74.1 Å². The van der Waals surface area contributed by atoms with Crippen molar-refractivity contribution in [3.8, 4) is 0 Å². The van der Waals surface area contributed by atoms with Crippen molar-refractivity contribution in [3.63, 3.8) is 0 Å². The maximum absolute atomic E-state index is 14.1. The topological polar surface area (TPSA) is 71.5 Å². The Labute approximate surface area is 204 Å². The minimum atomic E-state index is -2.38. The van der Waals surface area contributed by atoms with E-state index in [4.69, 9.17) is 16.3 Å². The van der Waals surface area contributed by atoms with E-state index >= 15 is 0 Å². The molecule has 1 aromatic carbocycles. The quantitative estimate of drug-likeness (QED) is 0.155. The van der Waals surface area contributed by atoms with E-state index in [1.54, 1.807) is 25.3 Å². The lowest BCUT2D eigenvalue weighted by atomic mass is 10.0. The molecule has 1 aliphatic heterocycles. The number of benzene rings is 1. The molecule has 0 atom stereocenters. The number of carbonyl (C=O) groups excluding carboxylic acids is 2. The van der Waals surface area contributed by atoms with Crippen LogP contribution in [-0.2, 0) is 17.7 Å². The summed E-state index contributed by atoms with van der Waals surface area (Å²) in [5, 5.41) is 2.32. The van der Waals surface area contributed by atoms with Gasteiger partial charge in [-0.05, 0) is 31.0 Å². The molecule has 1 N–H and O–H groups in total. The largest absolute Gasteiger partial charge is 0.462 e. The number of hydrogen-bond donors (Lipinski definition) is 1. The molecular formula is C22H15ClF5N3O3S. The predicted molar refractivity (Wildman–Crippen MR) is 118 cm³/mol. The highest BCUT2D eigenvalue weighted by Gasteiger charge is 2.33. The number of nitrogens with zero attached hydrogens (tertiary/aromatic N) is 2. The van der Waals surface area contributed by atoms with Gasteiger partial charge in [0.25, 0.3) is 5.91 Å². The molecule has 13 heteroatoms. The molecule has 0 spiro atoms. The van der Waals surface area contributed by atoms with Crippen LogP contribution in [0.5, 0.6) is 0 Å². The number of rotatable bonds is 5. The summed E-state index contributed by atoms with van der Waals surface area (Å²) in [6.45, 7) is 2.34. The van der Waals surface area contributed by atoms with Crippen molar-refractivity contribution in [1.82, 2.24) is 4.98 Å². The summed E-state index contributed by atoms with van der Waals surface area (Å²) in [5.41, 5.74) is -0.383. The first-order valence-electron chi connectivity index (χ1n) is 10.1. The fourth-order valence-corrected chi connectivity index (χ4v) is 5.01. The number of amides is 1. The Hall–Kier alpha value is -3.25. The number of aromatic nitrogens is 1. The zero-order valence-corrected chi connectivity index (χ0v) is 19.4. The average Bonchev–Trinajstić information content (AvgIpc) is 3.19. The highest BCUT2D eigenvalue weighted by molar-refractivity contribution is 7.17. The Morgan fingerprint density at radius 2 is 1.74 bits per heavy atom. The Bertz CT molecular complexity index is 1300. The number of pyridine rings is 1. The third kappa shape index (κ3) is 4.55. The van der Waals surface area contributed by atoms with E-state index in [9.17, 15) is 31.5 Å². The minimum absolute atomic E-state index is 0.0110. The molecule has 0 bridgehead atoms. The Kier molecular flexibility index (Phi) is 6.95. The second-order valence-electron chi connectivity index (χ2n) is 7.34. The van der Waals surface area contributed by atoms with Crippen molar-refractivity contribution >= 4 is 45.5 Å². The first-order valence-corrected chi connectivity index (χ1v) is 11.3. The van der Waals surface area contributed by atoms with E-state index in [2.05, 4.69) is 10.3 Å². The number of ether oxygens (including phenoxy) is 1. The first kappa shape index (κ1) is 24.9. The van der Waals surface area contributed by atoms with Gasteiger partial charge in [0.05, 0.1) is 30.6 Å². The molecule has 1 aliphatic rings. The number of thiophene rings is 1. The van der Waals surface area contributed by atoms with Crippen LogP contribution in [0.15, 0.2) is 18.3 Å². The second kappa shape index (κ2) is 9.78. The number of anilines is 2. The van der Waals surface area contributed by atoms with E-state index in [0.29, 0.717) is 35.1 Å². The molecule has 3 aromatic rings. The van der Waals surface area contributed by atoms with Crippen LogP contribution in [0.4, 0.5) is 32.6 Å². The normalized spacial score (nSPS) is 12.9. The molecule has 4 rings (SSSR count). The van der Waals surface area contributed by atoms with Crippen LogP contribution < -0.4 is 10.2 Å². The van der Waals surface area contributed by atoms with Gasteiger partial charge in [-0.25, -0.2) is 31.7 Å². The van der Waals surface area contributed by atoms with Crippen LogP contribution >= 0.6 is 22.9 Å². The van der Waals surface area contributed by atoms with Crippen LogP contribution in [-0.4, -0.2) is 30.0 Å². The lowest BCUT2D eigenvalue weighted by molar-refractivity contribution is 0.0526. The van der Waals surface area contributed by atoms with Crippen molar-refractivity contribution < 1.29 is 36.3 Å². The Morgan fingerprint density at radius 1 is 1.09 bits per heavy atom. The van der Waals surface area contributed by atoms with Gasteiger partial charge in [-0.15, -0.1) is 11.3 Å². The van der Waals surface area contributed by atoms with Crippen molar-refractivity contribution in [2.24, 2.45) is 0 Å². The lowest BCUT2D eigenvalue weighted by Crippen LogP contribution is -2.30. The molecule has 184 valence electrons. The van der Waals surface area contributed by atoms with Gasteiger partial charge < -0.3 is 15.0 Å². The summed E-state index contributed by atoms with van der Waals surface area (Å²) in [4.78, 5) is 31.9. The van der Waals surface area contributed by atoms with E-state index in [1.807, 2.05) is 4.90 Å². The number of nitrogens with one attached hydrogen (secondary N) is 1. The minimum Gasteiger partial charge on any atom is -0.462 e. The number of fused-ring (bicyclic) bond motifs is 1. The van der Waals surface area contributed by atoms with Crippen molar-refractivity contribution in [1.29, 1.82) is 0 Å². The van der Waals surface area contributed by atoms with Crippen LogP contribution in [0.1, 0.15) is 38.1 Å². The van der Waals surface area contributed by atoms with E-state index in [-0.39, 0.29) is 17.2 Å². The molecule has 3 heterocycles. The molecular weight excluding hydrogens is 517 g/mol. The third-order valence-electron chi connectivity index (χ3n) is 5.28. The predicted octanol–water partition coefficient (Wildman–Crippen LogP) is 5.48. The first-order chi connectivity index (χ1) is 16.6. The molecule has 0 unspecified atom stereocenters. The zero-order valence-electron chi connectivity index (χ0n) is 17.9. The van der Waals surface area contributed by atoms with Gasteiger partial charge in [-0.2, -0.15) is 0 Å². The summed E-state index contributed by atoms with van der Waals surface area (Å²) in [6, 6.07) is 3.37. The van der Waals surface area contributed by atoms with Crippen LogP contribution in [0.25, 0.3) is 0 Å². The molecule has 0 saturated heterocycles. The zero-order chi connectivity index (χ0) is 25.4. The summed E-state index contributed by atoms with van der Waals surface area (Å²) in [7, 11) is 0. The third-order valence-corrected chi connectivity index (χ3v) is 6.63. The van der Waals surface area contributed by atoms with Gasteiger partial charge in [0.2, 0.25) is 5.82 Å². The van der Waals surface area contributed by atoms with Gasteiger partial charge in [-0.3, -0.25) is 4.79 Å². The fourth-order valence-electron chi connectivity index (χ4n) is 3.66. The fraction of sp³-hybridized carbons (Fsp3) is 0.227. The number of esters is 1. The Morgan fingerprint density at radius 3 is 2.34 bits per heavy atom. The molecule has 0 aliphatic carbocycles. The van der Waals surface area contributed by atoms with E-state index < -0.39 is 46.5 Å². The lowest BCUT2D eigenvalue weighted by Gasteiger charge is -2.28. The summed E-state index contributed by atoms with van der Waals surface area (Å²) in [5.74, 6) is -13.8. The molecule has 0 saturated carbocycles. The average molecular weight is 532 g/mol. The number of halogens is 6. The summed E-state index contributed by atoms with van der Waals surface area (Å²) in [6.07, 6.45) is 1.92. The van der Waals surface area contributed by atoms with Gasteiger partial charge in [-0.1, -0.05) is 11.6 Å². The highest BCUT2D eigenvalue weighted by Crippen LogP contribution is 2.39. The van der Waals surface area contributed by atoms with Gasteiger partial charge >= 0.3 is 5.97 Å². The molecule has 6 nitrogen and oxygen atoms in total. The number of carbonyl (C=O) groups is 2. The smallest absolute Gasteiger partial charge is 0.341 e. The van der Waals surface area contributed by atoms with Crippen molar-refractivity contribution in [2.45, 2.75) is 19.9 Å². The summed E-state index contributed by atoms with van der Waals surface area (Å²) < 4.78 is 73.9. The molecule has 1 amide bonds. The van der Waals surface area contributed by atoms with Crippen LogP contribution in [0, 0.1) is 29.1 Å². The summed E-state index contributed by atoms with van der Waals surface area (Å²) >= 11 is 6.77. The monoisotopic (exact) mass is 531 g/mol. The van der Waals surface area contributed by atoms with Gasteiger partial charge in [0.1, 0.15) is 15.7 Å². The molecule has 2 aromatic heterocycles. The second-order valence-corrected chi connectivity index (χ2v) is 8.83.